The molecule has 39 heavy (non-hydrogen) atoms. The molecule has 4 rings (SSSR count). The van der Waals surface area contributed by atoms with Crippen LogP contribution in [-0.4, -0.2) is 61.1 Å². The van der Waals surface area contributed by atoms with E-state index in [0.717, 1.165) is 11.1 Å². The van der Waals surface area contributed by atoms with E-state index in [-0.39, 0.29) is 15.4 Å². The molecule has 12 heteroatoms. The van der Waals surface area contributed by atoms with Crippen molar-refractivity contribution in [2.45, 2.75) is 48.2 Å². The van der Waals surface area contributed by atoms with Gasteiger partial charge in [0.1, 0.15) is 12.2 Å². The van der Waals surface area contributed by atoms with E-state index in [4.69, 9.17) is 22.6 Å². The summed E-state index contributed by atoms with van der Waals surface area (Å²) < 4.78 is 79.3. The Bertz CT molecular complexity index is 1490. The quantitative estimate of drug-likeness (QED) is 0.261. The van der Waals surface area contributed by atoms with Gasteiger partial charge in [0, 0.05) is 7.11 Å². The van der Waals surface area contributed by atoms with E-state index in [1.807, 2.05) is 6.92 Å². The molecule has 0 saturated carbocycles. The molecule has 0 unspecified atom stereocenters. The molecule has 3 aromatic carbocycles. The van der Waals surface area contributed by atoms with Crippen LogP contribution < -0.4 is 0 Å². The van der Waals surface area contributed by atoms with Crippen LogP contribution in [0.15, 0.2) is 88.7 Å². The molecule has 4 atom stereocenters. The van der Waals surface area contributed by atoms with Gasteiger partial charge in [0.2, 0.25) is 0 Å². The van der Waals surface area contributed by atoms with Crippen molar-refractivity contribution in [3.05, 3.63) is 95.6 Å². The number of esters is 1. The number of carbonyl (C=O) groups is 1. The molecular weight excluding hydrogens is 548 g/mol. The Morgan fingerprint density at radius 1 is 0.769 bits per heavy atom. The zero-order valence-corrected chi connectivity index (χ0v) is 23.1. The minimum absolute atomic E-state index is 0.0915. The minimum atomic E-state index is -4.40. The highest BCUT2D eigenvalue weighted by Gasteiger charge is 2.51. The Hall–Kier alpha value is -3.13. The number of hydrogen-bond acceptors (Lipinski definition) is 10. The summed E-state index contributed by atoms with van der Waals surface area (Å²) >= 11 is 0. The molecule has 3 aromatic rings. The maximum absolute atomic E-state index is 13.2. The normalized spacial score (nSPS) is 21.5. The second kappa shape index (κ2) is 11.9. The number of methoxy groups -OCH3 is 1. The van der Waals surface area contributed by atoms with Crippen LogP contribution >= 0.6 is 0 Å². The molecule has 1 aliphatic rings. The summed E-state index contributed by atoms with van der Waals surface area (Å²) in [4.78, 5) is 12.6. The fourth-order valence-electron chi connectivity index (χ4n) is 3.86. The maximum atomic E-state index is 13.2. The highest BCUT2D eigenvalue weighted by molar-refractivity contribution is 7.87. The van der Waals surface area contributed by atoms with Crippen molar-refractivity contribution in [1.29, 1.82) is 0 Å². The molecule has 0 aliphatic carbocycles. The molecule has 1 aliphatic heterocycles. The Kier molecular flexibility index (Phi) is 8.84. The van der Waals surface area contributed by atoms with Gasteiger partial charge >= 0.3 is 5.97 Å². The summed E-state index contributed by atoms with van der Waals surface area (Å²) in [5, 5.41) is 0. The monoisotopic (exact) mass is 576 g/mol. The van der Waals surface area contributed by atoms with Crippen LogP contribution in [0.3, 0.4) is 0 Å². The number of aryl methyl sites for hydroxylation is 2. The first-order chi connectivity index (χ1) is 18.5. The van der Waals surface area contributed by atoms with E-state index >= 15 is 0 Å². The van der Waals surface area contributed by atoms with Gasteiger partial charge < -0.3 is 14.2 Å². The van der Waals surface area contributed by atoms with Crippen LogP contribution in [0.1, 0.15) is 21.5 Å². The summed E-state index contributed by atoms with van der Waals surface area (Å²) in [6.45, 7) is 2.97. The molecule has 0 amide bonds. The zero-order chi connectivity index (χ0) is 28.2. The van der Waals surface area contributed by atoms with Gasteiger partial charge in [0.15, 0.2) is 12.4 Å². The topological polar surface area (TPSA) is 132 Å². The van der Waals surface area contributed by atoms with Crippen molar-refractivity contribution in [1.82, 2.24) is 0 Å². The van der Waals surface area contributed by atoms with Crippen molar-refractivity contribution in [3.63, 3.8) is 0 Å². The lowest BCUT2D eigenvalue weighted by atomic mass is 10.1. The van der Waals surface area contributed by atoms with Gasteiger partial charge in [-0.1, -0.05) is 53.6 Å². The lowest BCUT2D eigenvalue weighted by molar-refractivity contribution is -0.153. The first-order valence-electron chi connectivity index (χ1n) is 11.9. The van der Waals surface area contributed by atoms with Crippen LogP contribution in [0.2, 0.25) is 0 Å². The van der Waals surface area contributed by atoms with Gasteiger partial charge in [-0.3, -0.25) is 8.37 Å². The molecule has 1 saturated heterocycles. The third-order valence-electron chi connectivity index (χ3n) is 6.00. The standard InChI is InChI=1S/C27H28O10S2/c1-18-9-13-21(14-10-18)38(29,30)34-17-23-24(37-39(31,32)22-15-11-19(2)12-16-22)25(27(33-3)35-23)36-26(28)20-7-5-4-6-8-20/h4-16,23-25,27H,17H2,1-3H3/t23-,24+,25-,27+/m0/s1. The van der Waals surface area contributed by atoms with Crippen LogP contribution in [0, 0.1) is 13.8 Å². The van der Waals surface area contributed by atoms with Crippen molar-refractivity contribution in [3.8, 4) is 0 Å². The van der Waals surface area contributed by atoms with Gasteiger partial charge in [-0.05, 0) is 50.2 Å². The largest absolute Gasteiger partial charge is 0.450 e. The van der Waals surface area contributed by atoms with E-state index in [1.54, 1.807) is 49.4 Å². The van der Waals surface area contributed by atoms with Gasteiger partial charge in [-0.15, -0.1) is 0 Å². The van der Waals surface area contributed by atoms with Crippen molar-refractivity contribution < 1.29 is 44.2 Å². The van der Waals surface area contributed by atoms with Crippen LogP contribution in [0.5, 0.6) is 0 Å². The zero-order valence-electron chi connectivity index (χ0n) is 21.4. The molecule has 208 valence electrons. The van der Waals surface area contributed by atoms with Crippen molar-refractivity contribution >= 4 is 26.2 Å². The number of benzene rings is 3. The first-order valence-corrected chi connectivity index (χ1v) is 14.7. The predicted molar refractivity (Wildman–Crippen MR) is 139 cm³/mol. The fraction of sp³-hybridized carbons (Fsp3) is 0.296. The molecule has 0 N–H and O–H groups in total. The summed E-state index contributed by atoms with van der Waals surface area (Å²) in [5.74, 6) is -0.776. The molecule has 1 heterocycles. The van der Waals surface area contributed by atoms with E-state index in [1.165, 1.54) is 43.5 Å². The van der Waals surface area contributed by atoms with Gasteiger partial charge in [-0.25, -0.2) is 4.79 Å². The Balaban J connectivity index is 1.62. The third kappa shape index (κ3) is 6.90. The molecule has 0 aromatic heterocycles. The Morgan fingerprint density at radius 2 is 1.31 bits per heavy atom. The predicted octanol–water partition coefficient (Wildman–Crippen LogP) is 3.38. The number of carbonyl (C=O) groups excluding carboxylic acids is 1. The van der Waals surface area contributed by atoms with Crippen LogP contribution in [0.25, 0.3) is 0 Å². The molecule has 0 bridgehead atoms. The second-order valence-corrected chi connectivity index (χ2v) is 12.1. The Morgan fingerprint density at radius 3 is 1.85 bits per heavy atom. The number of rotatable bonds is 10. The summed E-state index contributed by atoms with van der Waals surface area (Å²) in [7, 11) is -7.36. The van der Waals surface area contributed by atoms with Gasteiger partial charge in [-0.2, -0.15) is 16.8 Å². The van der Waals surface area contributed by atoms with Gasteiger partial charge in [0.05, 0.1) is 22.0 Å². The van der Waals surface area contributed by atoms with Crippen molar-refractivity contribution in [2.75, 3.05) is 13.7 Å². The average molecular weight is 577 g/mol. The highest BCUT2D eigenvalue weighted by Crippen LogP contribution is 2.32. The number of ether oxygens (including phenoxy) is 3. The summed E-state index contributed by atoms with van der Waals surface area (Å²) in [5.41, 5.74) is 1.89. The van der Waals surface area contributed by atoms with Gasteiger partial charge in [0.25, 0.3) is 20.2 Å². The molecule has 1 fully saturated rings. The third-order valence-corrected chi connectivity index (χ3v) is 8.62. The molecule has 0 radical (unpaired) electrons. The number of hydrogen-bond donors (Lipinski definition) is 0. The second-order valence-electron chi connectivity index (χ2n) is 8.89. The van der Waals surface area contributed by atoms with Crippen LogP contribution in [0.4, 0.5) is 0 Å². The summed E-state index contributed by atoms with van der Waals surface area (Å²) in [6.07, 6.45) is -5.45. The van der Waals surface area contributed by atoms with E-state index in [9.17, 15) is 21.6 Å². The van der Waals surface area contributed by atoms with E-state index in [2.05, 4.69) is 0 Å². The Labute approximate surface area is 227 Å². The lowest BCUT2D eigenvalue weighted by Gasteiger charge is -2.23. The minimum Gasteiger partial charge on any atom is -0.450 e. The van der Waals surface area contributed by atoms with E-state index in [0.29, 0.717) is 0 Å². The lowest BCUT2D eigenvalue weighted by Crippen LogP contribution is -2.42. The maximum Gasteiger partial charge on any atom is 0.338 e. The van der Waals surface area contributed by atoms with E-state index < -0.39 is 57.4 Å². The highest BCUT2D eigenvalue weighted by atomic mass is 32.2. The first kappa shape index (κ1) is 28.9. The SMILES string of the molecule is CO[C@@H]1O[C@@H](COS(=O)(=O)c2ccc(C)cc2)[C@@H](OS(=O)(=O)c2ccc(C)cc2)[C@@H]1OC(=O)c1ccccc1. The molecule has 10 nitrogen and oxygen atoms in total. The smallest absolute Gasteiger partial charge is 0.338 e. The van der Waals surface area contributed by atoms with Crippen molar-refractivity contribution in [2.24, 2.45) is 0 Å². The molecule has 0 spiro atoms. The molecular formula is C27H28O10S2. The summed E-state index contributed by atoms with van der Waals surface area (Å²) in [6, 6.07) is 20.0. The fourth-order valence-corrected chi connectivity index (χ4v) is 5.88. The average Bonchev–Trinajstić information content (AvgIpc) is 3.23. The van der Waals surface area contributed by atoms with Crippen LogP contribution in [-0.2, 0) is 42.8 Å².